The maximum atomic E-state index is 11.5. The van der Waals surface area contributed by atoms with Crippen LogP contribution in [0, 0.1) is 20.8 Å². The van der Waals surface area contributed by atoms with Gasteiger partial charge in [0.25, 0.3) is 5.91 Å². The average Bonchev–Trinajstić information content (AvgIpc) is 2.25. The summed E-state index contributed by atoms with van der Waals surface area (Å²) in [7, 11) is 0. The van der Waals surface area contributed by atoms with Gasteiger partial charge in [0.15, 0.2) is 0 Å². The van der Waals surface area contributed by atoms with Gasteiger partial charge in [0, 0.05) is 11.8 Å². The molecule has 104 valence electrons. The van der Waals surface area contributed by atoms with Crippen molar-refractivity contribution in [3.05, 3.63) is 46.6 Å². The Kier molecular flexibility index (Phi) is 3.61. The van der Waals surface area contributed by atoms with Gasteiger partial charge < -0.3 is 15.6 Å². The highest BCUT2D eigenvalue weighted by atomic mass is 16.5. The third kappa shape index (κ3) is 2.88. The first-order chi connectivity index (χ1) is 9.36. The second kappa shape index (κ2) is 5.21. The molecule has 5 heteroatoms. The van der Waals surface area contributed by atoms with Crippen molar-refractivity contribution in [3.63, 3.8) is 0 Å². The predicted molar refractivity (Wildman–Crippen MR) is 75.1 cm³/mol. The summed E-state index contributed by atoms with van der Waals surface area (Å²) < 4.78 is 5.62. The number of nitrogens with zero attached hydrogens (tertiary/aromatic N) is 1. The minimum Gasteiger partial charge on any atom is -0.508 e. The molecule has 0 atom stereocenters. The Hall–Kier alpha value is -2.56. The molecule has 0 fully saturated rings. The smallest absolute Gasteiger partial charge is 0.254 e. The molecule has 0 radical (unpaired) electrons. The van der Waals surface area contributed by atoms with Gasteiger partial charge in [-0.3, -0.25) is 4.79 Å². The number of hydrogen-bond donors (Lipinski definition) is 2. The number of pyridine rings is 1. The van der Waals surface area contributed by atoms with Crippen LogP contribution in [0.5, 0.6) is 17.4 Å². The predicted octanol–water partition coefficient (Wildman–Crippen LogP) is 2.60. The first-order valence-corrected chi connectivity index (χ1v) is 6.13. The highest BCUT2D eigenvalue weighted by Gasteiger charge is 2.16. The van der Waals surface area contributed by atoms with Gasteiger partial charge >= 0.3 is 0 Å². The van der Waals surface area contributed by atoms with E-state index < -0.39 is 5.91 Å². The number of ether oxygens (including phenoxy) is 1. The molecular weight excluding hydrogens is 256 g/mol. The van der Waals surface area contributed by atoms with Gasteiger partial charge in [0.05, 0.1) is 0 Å². The Morgan fingerprint density at radius 2 is 1.90 bits per heavy atom. The van der Waals surface area contributed by atoms with Crippen molar-refractivity contribution in [2.75, 3.05) is 0 Å². The average molecular weight is 272 g/mol. The van der Waals surface area contributed by atoms with E-state index in [0.717, 1.165) is 11.3 Å². The maximum Gasteiger partial charge on any atom is 0.254 e. The Morgan fingerprint density at radius 1 is 1.20 bits per heavy atom. The SMILES string of the molecule is Cc1cc(O)cc(Oc2nc(C)cc(C)c2C(N)=O)c1. The molecule has 0 aliphatic heterocycles. The molecule has 1 aromatic carbocycles. The lowest BCUT2D eigenvalue weighted by atomic mass is 10.1. The normalized spacial score (nSPS) is 10.3. The Bertz CT molecular complexity index is 661. The molecule has 1 amide bonds. The molecule has 0 saturated heterocycles. The van der Waals surface area contributed by atoms with E-state index in [1.165, 1.54) is 6.07 Å². The molecule has 5 nitrogen and oxygen atoms in total. The van der Waals surface area contributed by atoms with Crippen molar-refractivity contribution in [1.29, 1.82) is 0 Å². The lowest BCUT2D eigenvalue weighted by Crippen LogP contribution is -2.15. The first kappa shape index (κ1) is 13.9. The highest BCUT2D eigenvalue weighted by molar-refractivity contribution is 5.96. The van der Waals surface area contributed by atoms with Crippen LogP contribution in [-0.4, -0.2) is 16.0 Å². The zero-order valence-electron chi connectivity index (χ0n) is 11.6. The van der Waals surface area contributed by atoms with Crippen molar-refractivity contribution in [2.45, 2.75) is 20.8 Å². The number of hydrogen-bond acceptors (Lipinski definition) is 4. The molecule has 2 aromatic rings. The van der Waals surface area contributed by atoms with Gasteiger partial charge in [-0.15, -0.1) is 0 Å². The minimum atomic E-state index is -0.595. The lowest BCUT2D eigenvalue weighted by Gasteiger charge is -2.12. The number of rotatable bonds is 3. The van der Waals surface area contributed by atoms with E-state index >= 15 is 0 Å². The van der Waals surface area contributed by atoms with Crippen molar-refractivity contribution in [2.24, 2.45) is 5.73 Å². The maximum absolute atomic E-state index is 11.5. The van der Waals surface area contributed by atoms with Crippen LogP contribution in [0.2, 0.25) is 0 Å². The molecule has 0 spiro atoms. The first-order valence-electron chi connectivity index (χ1n) is 6.13. The summed E-state index contributed by atoms with van der Waals surface area (Å²) in [4.78, 5) is 15.7. The summed E-state index contributed by atoms with van der Waals surface area (Å²) in [5, 5.41) is 9.57. The van der Waals surface area contributed by atoms with Crippen LogP contribution in [0.1, 0.15) is 27.2 Å². The van der Waals surface area contributed by atoms with E-state index in [1.54, 1.807) is 32.0 Å². The van der Waals surface area contributed by atoms with Gasteiger partial charge in [-0.05, 0) is 50.1 Å². The van der Waals surface area contributed by atoms with Gasteiger partial charge in [0.2, 0.25) is 5.88 Å². The Balaban J connectivity index is 2.49. The fourth-order valence-corrected chi connectivity index (χ4v) is 2.08. The molecule has 0 unspecified atom stereocenters. The number of benzene rings is 1. The van der Waals surface area contributed by atoms with Gasteiger partial charge in [-0.25, -0.2) is 4.98 Å². The number of phenols is 1. The van der Waals surface area contributed by atoms with E-state index in [9.17, 15) is 9.90 Å². The van der Waals surface area contributed by atoms with Crippen molar-refractivity contribution in [3.8, 4) is 17.4 Å². The second-order valence-corrected chi connectivity index (χ2v) is 4.73. The van der Waals surface area contributed by atoms with Crippen molar-refractivity contribution >= 4 is 5.91 Å². The number of aryl methyl sites for hydroxylation is 3. The molecule has 0 aliphatic rings. The zero-order valence-corrected chi connectivity index (χ0v) is 11.6. The Labute approximate surface area is 117 Å². The molecule has 0 saturated carbocycles. The van der Waals surface area contributed by atoms with E-state index in [4.69, 9.17) is 10.5 Å². The molecule has 20 heavy (non-hydrogen) atoms. The topological polar surface area (TPSA) is 85.4 Å². The number of primary amides is 1. The summed E-state index contributed by atoms with van der Waals surface area (Å²) >= 11 is 0. The van der Waals surface area contributed by atoms with Crippen LogP contribution in [-0.2, 0) is 0 Å². The Morgan fingerprint density at radius 3 is 2.50 bits per heavy atom. The molecule has 3 N–H and O–H groups in total. The summed E-state index contributed by atoms with van der Waals surface area (Å²) in [6.45, 7) is 5.41. The zero-order chi connectivity index (χ0) is 14.9. The summed E-state index contributed by atoms with van der Waals surface area (Å²) in [5.74, 6) is 0.0503. The molecular formula is C15H16N2O3. The van der Waals surface area contributed by atoms with E-state index in [1.807, 2.05) is 6.92 Å². The second-order valence-electron chi connectivity index (χ2n) is 4.73. The number of nitrogens with two attached hydrogens (primary N) is 1. The third-order valence-electron chi connectivity index (χ3n) is 2.81. The van der Waals surface area contributed by atoms with Crippen LogP contribution in [0.4, 0.5) is 0 Å². The number of phenolic OH excluding ortho intramolecular Hbond substituents is 1. The summed E-state index contributed by atoms with van der Waals surface area (Å²) in [6, 6.07) is 6.57. The number of carbonyl (C=O) groups excluding carboxylic acids is 1. The largest absolute Gasteiger partial charge is 0.508 e. The monoisotopic (exact) mass is 272 g/mol. The summed E-state index contributed by atoms with van der Waals surface area (Å²) in [6.07, 6.45) is 0. The number of aromatic nitrogens is 1. The van der Waals surface area contributed by atoms with E-state index in [-0.39, 0.29) is 17.2 Å². The van der Waals surface area contributed by atoms with Crippen LogP contribution < -0.4 is 10.5 Å². The van der Waals surface area contributed by atoms with Gasteiger partial charge in [-0.1, -0.05) is 0 Å². The van der Waals surface area contributed by atoms with Crippen LogP contribution in [0.3, 0.4) is 0 Å². The van der Waals surface area contributed by atoms with Crippen molar-refractivity contribution in [1.82, 2.24) is 4.98 Å². The number of amides is 1. The lowest BCUT2D eigenvalue weighted by molar-refractivity contribution is 0.0997. The number of carbonyl (C=O) groups is 1. The highest BCUT2D eigenvalue weighted by Crippen LogP contribution is 2.29. The van der Waals surface area contributed by atoms with Crippen LogP contribution in [0.25, 0.3) is 0 Å². The standard InChI is InChI=1S/C15H16N2O3/c1-8-4-11(18)7-12(5-8)20-15-13(14(16)19)9(2)6-10(3)17-15/h4-7,18H,1-3H3,(H2,16,19). The fraction of sp³-hybridized carbons (Fsp3) is 0.200. The van der Waals surface area contributed by atoms with Crippen LogP contribution in [0.15, 0.2) is 24.3 Å². The molecule has 0 aliphatic carbocycles. The summed E-state index contributed by atoms with van der Waals surface area (Å²) in [5.41, 5.74) is 7.88. The molecule has 2 rings (SSSR count). The van der Waals surface area contributed by atoms with Crippen molar-refractivity contribution < 1.29 is 14.6 Å². The quantitative estimate of drug-likeness (QED) is 0.899. The third-order valence-corrected chi connectivity index (χ3v) is 2.81. The molecule has 1 heterocycles. The van der Waals surface area contributed by atoms with Crippen LogP contribution >= 0.6 is 0 Å². The fourth-order valence-electron chi connectivity index (χ4n) is 2.08. The van der Waals surface area contributed by atoms with E-state index in [0.29, 0.717) is 11.3 Å². The van der Waals surface area contributed by atoms with Gasteiger partial charge in [0.1, 0.15) is 17.1 Å². The molecule has 1 aromatic heterocycles. The number of aromatic hydroxyl groups is 1. The van der Waals surface area contributed by atoms with Gasteiger partial charge in [-0.2, -0.15) is 0 Å². The molecule has 0 bridgehead atoms. The minimum absolute atomic E-state index is 0.0880. The van der Waals surface area contributed by atoms with E-state index in [2.05, 4.69) is 4.98 Å².